The number of hydrogen-bond donors (Lipinski definition) is 0. The molecule has 1 fully saturated rings. The zero-order chi connectivity index (χ0) is 23.0. The number of benzene rings is 2. The normalized spacial score (nSPS) is 19.4. The molecule has 32 heavy (non-hydrogen) atoms. The number of anilines is 1. The minimum absolute atomic E-state index is 0.0205. The van der Waals surface area contributed by atoms with Gasteiger partial charge in [0.15, 0.2) is 0 Å². The second kappa shape index (κ2) is 8.48. The van der Waals surface area contributed by atoms with E-state index in [9.17, 15) is 22.8 Å². The highest BCUT2D eigenvalue weighted by Crippen LogP contribution is 2.34. The van der Waals surface area contributed by atoms with Gasteiger partial charge in [-0.1, -0.05) is 30.3 Å². The average molecular weight is 456 g/mol. The van der Waals surface area contributed by atoms with Crippen LogP contribution in [0.2, 0.25) is 0 Å². The SMILES string of the molecule is CC(=O)N1c2ccc(S(=O)(=O)N3CC(=O)N(CCc4ccccc4)C(=O)C3)cc2C[C@@H]1C. The molecule has 3 amide bonds. The molecule has 2 aliphatic heterocycles. The van der Waals surface area contributed by atoms with Crippen LogP contribution in [-0.4, -0.2) is 61.0 Å². The lowest BCUT2D eigenvalue weighted by atomic mass is 10.1. The molecule has 4 rings (SSSR count). The van der Waals surface area contributed by atoms with Gasteiger partial charge in [-0.25, -0.2) is 8.42 Å². The molecule has 0 spiro atoms. The summed E-state index contributed by atoms with van der Waals surface area (Å²) >= 11 is 0. The van der Waals surface area contributed by atoms with Gasteiger partial charge in [0.25, 0.3) is 0 Å². The number of carbonyl (C=O) groups is 3. The van der Waals surface area contributed by atoms with Crippen molar-refractivity contribution in [3.63, 3.8) is 0 Å². The Balaban J connectivity index is 1.50. The van der Waals surface area contributed by atoms with Crippen molar-refractivity contribution < 1.29 is 22.8 Å². The van der Waals surface area contributed by atoms with Gasteiger partial charge in [0.2, 0.25) is 27.7 Å². The molecule has 8 nitrogen and oxygen atoms in total. The lowest BCUT2D eigenvalue weighted by Crippen LogP contribution is -2.55. The molecule has 1 saturated heterocycles. The van der Waals surface area contributed by atoms with Crippen LogP contribution >= 0.6 is 0 Å². The predicted molar refractivity (Wildman–Crippen MR) is 118 cm³/mol. The van der Waals surface area contributed by atoms with Crippen molar-refractivity contribution in [2.24, 2.45) is 0 Å². The third-order valence-corrected chi connectivity index (χ3v) is 7.72. The van der Waals surface area contributed by atoms with Gasteiger partial charge in [-0.05, 0) is 49.1 Å². The largest absolute Gasteiger partial charge is 0.309 e. The van der Waals surface area contributed by atoms with E-state index in [2.05, 4.69) is 0 Å². The van der Waals surface area contributed by atoms with E-state index in [1.807, 2.05) is 37.3 Å². The van der Waals surface area contributed by atoms with Gasteiger partial charge in [-0.15, -0.1) is 0 Å². The lowest BCUT2D eigenvalue weighted by molar-refractivity contribution is -0.149. The maximum absolute atomic E-state index is 13.2. The fraction of sp³-hybridized carbons (Fsp3) is 0.348. The van der Waals surface area contributed by atoms with E-state index >= 15 is 0 Å². The Hall–Kier alpha value is -3.04. The van der Waals surface area contributed by atoms with Crippen molar-refractivity contribution in [3.8, 4) is 0 Å². The zero-order valence-electron chi connectivity index (χ0n) is 18.0. The molecule has 0 saturated carbocycles. The minimum atomic E-state index is -4.03. The second-order valence-corrected chi connectivity index (χ2v) is 10.1. The summed E-state index contributed by atoms with van der Waals surface area (Å²) in [4.78, 5) is 39.9. The van der Waals surface area contributed by atoms with E-state index in [1.54, 1.807) is 17.0 Å². The Morgan fingerprint density at radius 2 is 1.69 bits per heavy atom. The van der Waals surface area contributed by atoms with Crippen molar-refractivity contribution in [3.05, 3.63) is 59.7 Å². The molecule has 0 aromatic heterocycles. The summed E-state index contributed by atoms with van der Waals surface area (Å²) in [5, 5.41) is 0. The van der Waals surface area contributed by atoms with E-state index in [0.717, 1.165) is 20.3 Å². The average Bonchev–Trinajstić information content (AvgIpc) is 3.08. The van der Waals surface area contributed by atoms with Gasteiger partial charge in [0.05, 0.1) is 18.0 Å². The predicted octanol–water partition coefficient (Wildman–Crippen LogP) is 1.59. The Morgan fingerprint density at radius 3 is 2.31 bits per heavy atom. The Morgan fingerprint density at radius 1 is 1.03 bits per heavy atom. The number of rotatable bonds is 5. The maximum atomic E-state index is 13.2. The monoisotopic (exact) mass is 455 g/mol. The van der Waals surface area contributed by atoms with E-state index < -0.39 is 21.8 Å². The van der Waals surface area contributed by atoms with Crippen molar-refractivity contribution >= 4 is 33.4 Å². The number of fused-ring (bicyclic) bond motifs is 1. The molecule has 9 heteroatoms. The van der Waals surface area contributed by atoms with Gasteiger partial charge >= 0.3 is 0 Å². The first kappa shape index (κ1) is 22.2. The van der Waals surface area contributed by atoms with Crippen LogP contribution < -0.4 is 4.90 Å². The first-order valence-electron chi connectivity index (χ1n) is 10.5. The molecule has 2 aromatic rings. The summed E-state index contributed by atoms with van der Waals surface area (Å²) in [5.41, 5.74) is 2.45. The van der Waals surface area contributed by atoms with E-state index in [4.69, 9.17) is 0 Å². The molecule has 0 unspecified atom stereocenters. The highest BCUT2D eigenvalue weighted by atomic mass is 32.2. The van der Waals surface area contributed by atoms with Crippen molar-refractivity contribution in [1.29, 1.82) is 0 Å². The number of sulfonamides is 1. The highest BCUT2D eigenvalue weighted by molar-refractivity contribution is 7.89. The van der Waals surface area contributed by atoms with Crippen LogP contribution in [0.5, 0.6) is 0 Å². The van der Waals surface area contributed by atoms with Crippen LogP contribution in [0.4, 0.5) is 5.69 Å². The highest BCUT2D eigenvalue weighted by Gasteiger charge is 2.38. The van der Waals surface area contributed by atoms with Crippen LogP contribution in [0.15, 0.2) is 53.4 Å². The summed E-state index contributed by atoms with van der Waals surface area (Å²) in [7, 11) is -4.03. The molecule has 2 aromatic carbocycles. The number of piperazine rings is 1. The fourth-order valence-electron chi connectivity index (χ4n) is 4.37. The fourth-order valence-corrected chi connectivity index (χ4v) is 5.76. The molecule has 0 radical (unpaired) electrons. The van der Waals surface area contributed by atoms with E-state index in [-0.39, 0.29) is 36.5 Å². The first-order chi connectivity index (χ1) is 15.2. The molecule has 2 heterocycles. The molecule has 2 aliphatic rings. The number of nitrogens with zero attached hydrogens (tertiary/aromatic N) is 3. The molecule has 168 valence electrons. The maximum Gasteiger partial charge on any atom is 0.244 e. The number of amides is 3. The van der Waals surface area contributed by atoms with Gasteiger partial charge in [0, 0.05) is 25.2 Å². The summed E-state index contributed by atoms with van der Waals surface area (Å²) in [6.07, 6.45) is 1.06. The molecule has 1 atom stereocenters. The van der Waals surface area contributed by atoms with Crippen LogP contribution in [0.1, 0.15) is 25.0 Å². The minimum Gasteiger partial charge on any atom is -0.309 e. The molecular weight excluding hydrogens is 430 g/mol. The smallest absolute Gasteiger partial charge is 0.244 e. The van der Waals surface area contributed by atoms with Crippen molar-refractivity contribution in [2.75, 3.05) is 24.5 Å². The topological polar surface area (TPSA) is 95.1 Å². The van der Waals surface area contributed by atoms with Crippen molar-refractivity contribution in [2.45, 2.75) is 37.6 Å². The Kier molecular flexibility index (Phi) is 5.87. The zero-order valence-corrected chi connectivity index (χ0v) is 18.8. The number of hydrogen-bond acceptors (Lipinski definition) is 5. The third-order valence-electron chi connectivity index (χ3n) is 5.94. The Bertz CT molecular complexity index is 1160. The van der Waals surface area contributed by atoms with Crippen LogP contribution in [0, 0.1) is 0 Å². The quantitative estimate of drug-likeness (QED) is 0.638. The van der Waals surface area contributed by atoms with Gasteiger partial charge in [-0.3, -0.25) is 19.3 Å². The Labute approximate surface area is 187 Å². The molecule has 0 N–H and O–H groups in total. The van der Waals surface area contributed by atoms with E-state index in [1.165, 1.54) is 13.0 Å². The molecular formula is C23H25N3O5S. The van der Waals surface area contributed by atoms with Crippen molar-refractivity contribution in [1.82, 2.24) is 9.21 Å². The van der Waals surface area contributed by atoms with Gasteiger partial charge in [-0.2, -0.15) is 4.31 Å². The summed E-state index contributed by atoms with van der Waals surface area (Å²) in [5.74, 6) is -1.16. The van der Waals surface area contributed by atoms with E-state index in [0.29, 0.717) is 18.5 Å². The number of imide groups is 1. The molecule has 0 aliphatic carbocycles. The number of carbonyl (C=O) groups excluding carboxylic acids is 3. The standard InChI is InChI=1S/C23H25N3O5S/c1-16-12-19-13-20(8-9-21(19)26(16)17(2)27)32(30,31)24-14-22(28)25(23(29)15-24)11-10-18-6-4-3-5-7-18/h3-9,13,16H,10-12,14-15H2,1-2H3/t16-/m0/s1. The molecule has 0 bridgehead atoms. The first-order valence-corrected chi connectivity index (χ1v) is 11.9. The summed E-state index contributed by atoms with van der Waals surface area (Å²) < 4.78 is 27.3. The summed E-state index contributed by atoms with van der Waals surface area (Å²) in [6.45, 7) is 2.84. The van der Waals surface area contributed by atoms with Crippen LogP contribution in [-0.2, 0) is 37.2 Å². The lowest BCUT2D eigenvalue weighted by Gasteiger charge is -2.32. The van der Waals surface area contributed by atoms with Gasteiger partial charge in [0.1, 0.15) is 0 Å². The van der Waals surface area contributed by atoms with Gasteiger partial charge < -0.3 is 4.90 Å². The third kappa shape index (κ3) is 4.05. The second-order valence-electron chi connectivity index (χ2n) is 8.18. The summed E-state index contributed by atoms with van der Waals surface area (Å²) in [6, 6.07) is 14.0. The van der Waals surface area contributed by atoms with Crippen LogP contribution in [0.25, 0.3) is 0 Å². The van der Waals surface area contributed by atoms with Crippen LogP contribution in [0.3, 0.4) is 0 Å².